The van der Waals surface area contributed by atoms with E-state index in [0.29, 0.717) is 22.3 Å². The number of aliphatic imine (C=N–C) groups is 1. The van der Waals surface area contributed by atoms with E-state index in [9.17, 15) is 14.7 Å². The van der Waals surface area contributed by atoms with Crippen molar-refractivity contribution in [3.8, 4) is 17.4 Å². The summed E-state index contributed by atoms with van der Waals surface area (Å²) in [7, 11) is 1.53. The number of ether oxygens (including phenoxy) is 1. The van der Waals surface area contributed by atoms with Crippen LogP contribution in [-0.4, -0.2) is 40.0 Å². The Balaban J connectivity index is 1.42. The molecule has 2 aromatic carbocycles. The van der Waals surface area contributed by atoms with E-state index >= 15 is 0 Å². The number of benzene rings is 2. The molecule has 0 saturated carbocycles. The maximum Gasteiger partial charge on any atom is 0.307 e. The first-order valence-corrected chi connectivity index (χ1v) is 12.0. The molecule has 10 nitrogen and oxygen atoms in total. The first-order valence-electron chi connectivity index (χ1n) is 11.0. The zero-order valence-corrected chi connectivity index (χ0v) is 20.3. The second kappa shape index (κ2) is 10.5. The number of nitrogens with zero attached hydrogens (tertiary/aromatic N) is 5. The van der Waals surface area contributed by atoms with E-state index in [2.05, 4.69) is 15.2 Å². The standard InChI is InChI=1S/C26H19N5O5S/c1-35-20-9-7-19(8-10-20)31-23(25(34)36-29-31)22(32)16-37-26-28-21(15-17-11-13-27-14-12-17)24(33)30(26)18-5-3-2-4-6-18/h2-15H,16H2,1H3/b21-15+. The molecule has 1 amide bonds. The van der Waals surface area contributed by atoms with Gasteiger partial charge in [-0.2, -0.15) is 0 Å². The lowest BCUT2D eigenvalue weighted by Gasteiger charge is -2.17. The van der Waals surface area contributed by atoms with Crippen LogP contribution in [0.15, 0.2) is 94.3 Å². The van der Waals surface area contributed by atoms with E-state index in [4.69, 9.17) is 9.26 Å². The van der Waals surface area contributed by atoms with Crippen molar-refractivity contribution >= 4 is 40.4 Å². The zero-order valence-electron chi connectivity index (χ0n) is 19.5. The average Bonchev–Trinajstić information content (AvgIpc) is 3.47. The van der Waals surface area contributed by atoms with Gasteiger partial charge in [0.2, 0.25) is 11.5 Å². The van der Waals surface area contributed by atoms with Gasteiger partial charge in [-0.25, -0.2) is 4.99 Å². The number of hydrogen-bond acceptors (Lipinski definition) is 9. The number of Topliss-reactive ketones (excluding diaryl/α,β-unsaturated/α-hetero) is 1. The van der Waals surface area contributed by atoms with Gasteiger partial charge in [-0.1, -0.05) is 30.0 Å². The third-order valence-corrected chi connectivity index (χ3v) is 6.32. The largest absolute Gasteiger partial charge is 0.539 e. The molecule has 0 bridgehead atoms. The number of anilines is 1. The lowest BCUT2D eigenvalue weighted by Crippen LogP contribution is -2.39. The van der Waals surface area contributed by atoms with Gasteiger partial charge in [0.25, 0.3) is 5.91 Å². The second-order valence-corrected chi connectivity index (χ2v) is 8.65. The van der Waals surface area contributed by atoms with Crippen molar-refractivity contribution in [3.63, 3.8) is 0 Å². The number of para-hydroxylation sites is 1. The van der Waals surface area contributed by atoms with E-state index < -0.39 is 11.7 Å². The molecule has 2 aromatic heterocycles. The average molecular weight is 514 g/mol. The Kier molecular flexibility index (Phi) is 6.77. The van der Waals surface area contributed by atoms with Crippen molar-refractivity contribution in [2.45, 2.75) is 0 Å². The van der Waals surface area contributed by atoms with Gasteiger partial charge in [-0.3, -0.25) is 19.5 Å². The first-order chi connectivity index (χ1) is 18.0. The molecule has 184 valence electrons. The fourth-order valence-electron chi connectivity index (χ4n) is 3.59. The van der Waals surface area contributed by atoms with E-state index in [1.54, 1.807) is 79.1 Å². The van der Waals surface area contributed by atoms with Crippen LogP contribution in [0.1, 0.15) is 16.1 Å². The Morgan fingerprint density at radius 2 is 1.84 bits per heavy atom. The Hall–Kier alpha value is -4.77. The first kappa shape index (κ1) is 23.9. The molecule has 5 rings (SSSR count). The van der Waals surface area contributed by atoms with Crippen LogP contribution >= 0.6 is 11.8 Å². The third kappa shape index (κ3) is 4.98. The molecule has 0 unspecified atom stereocenters. The van der Waals surface area contributed by atoms with Gasteiger partial charge in [-0.15, -0.1) is 0 Å². The number of aromatic nitrogens is 3. The van der Waals surface area contributed by atoms with E-state index in [0.717, 1.165) is 22.0 Å². The van der Waals surface area contributed by atoms with Gasteiger partial charge < -0.3 is 14.4 Å². The molecule has 0 radical (unpaired) electrons. The minimum atomic E-state index is -0.857. The Morgan fingerprint density at radius 1 is 1.11 bits per heavy atom. The summed E-state index contributed by atoms with van der Waals surface area (Å²) in [5, 5.41) is 16.4. The molecule has 0 fully saturated rings. The van der Waals surface area contributed by atoms with Crippen molar-refractivity contribution in [2.24, 2.45) is 4.99 Å². The summed E-state index contributed by atoms with van der Waals surface area (Å²) >= 11 is 1.04. The van der Waals surface area contributed by atoms with Crippen molar-refractivity contribution in [1.29, 1.82) is 0 Å². The minimum Gasteiger partial charge on any atom is -0.539 e. The fourth-order valence-corrected chi connectivity index (χ4v) is 4.47. The predicted octanol–water partition coefficient (Wildman–Crippen LogP) is 2.79. The van der Waals surface area contributed by atoms with Crippen LogP contribution in [0.5, 0.6) is 11.7 Å². The lowest BCUT2D eigenvalue weighted by molar-refractivity contribution is -0.672. The maximum absolute atomic E-state index is 13.3. The number of amidine groups is 1. The van der Waals surface area contributed by atoms with Crippen LogP contribution in [0.3, 0.4) is 0 Å². The number of hydrogen-bond donors (Lipinski definition) is 0. The number of methoxy groups -OCH3 is 1. The second-order valence-electron chi connectivity index (χ2n) is 7.71. The van der Waals surface area contributed by atoms with Crippen LogP contribution in [0, 0.1) is 0 Å². The molecule has 0 aliphatic carbocycles. The van der Waals surface area contributed by atoms with Crippen molar-refractivity contribution in [3.05, 3.63) is 96.1 Å². The van der Waals surface area contributed by atoms with E-state index in [-0.39, 0.29) is 23.1 Å². The van der Waals surface area contributed by atoms with Gasteiger partial charge in [0.05, 0.1) is 23.8 Å². The van der Waals surface area contributed by atoms with Crippen LogP contribution < -0.4 is 19.4 Å². The number of ketones is 1. The van der Waals surface area contributed by atoms with E-state index in [1.807, 2.05) is 6.07 Å². The topological polar surface area (TPSA) is 125 Å². The monoisotopic (exact) mass is 513 g/mol. The minimum absolute atomic E-state index is 0.176. The van der Waals surface area contributed by atoms with E-state index in [1.165, 1.54) is 12.0 Å². The molecule has 3 heterocycles. The molecule has 11 heteroatoms. The lowest BCUT2D eigenvalue weighted by atomic mass is 10.2. The Morgan fingerprint density at radius 3 is 2.54 bits per heavy atom. The molecular weight excluding hydrogens is 494 g/mol. The summed E-state index contributed by atoms with van der Waals surface area (Å²) in [6.45, 7) is 0. The normalized spacial score (nSPS) is 14.2. The Labute approximate surface area is 215 Å². The molecule has 0 spiro atoms. The molecule has 0 atom stereocenters. The number of rotatable bonds is 7. The van der Waals surface area contributed by atoms with Gasteiger partial charge in [0.15, 0.2) is 11.1 Å². The summed E-state index contributed by atoms with van der Waals surface area (Å²) in [6, 6.07) is 19.2. The quantitative estimate of drug-likeness (QED) is 0.210. The highest BCUT2D eigenvalue weighted by Crippen LogP contribution is 2.30. The van der Waals surface area contributed by atoms with Crippen LogP contribution in [0.25, 0.3) is 11.8 Å². The molecule has 1 aliphatic rings. The molecular formula is C26H19N5O5S. The zero-order chi connectivity index (χ0) is 25.8. The van der Waals surface area contributed by atoms with Gasteiger partial charge in [0, 0.05) is 24.5 Å². The highest BCUT2D eigenvalue weighted by atomic mass is 32.2. The number of amides is 1. The number of carbonyl (C=O) groups is 2. The SMILES string of the molecule is COc1ccc(-[n+]2noc([O-])c2C(=O)CSC2=N/C(=C/c3ccncc3)C(=O)N2c2ccccc2)cc1. The van der Waals surface area contributed by atoms with Gasteiger partial charge in [0.1, 0.15) is 11.4 Å². The van der Waals surface area contributed by atoms with Crippen LogP contribution in [0.4, 0.5) is 5.69 Å². The Bertz CT molecular complexity index is 1500. The van der Waals surface area contributed by atoms with Crippen molar-refractivity contribution in [2.75, 3.05) is 17.8 Å². The summed E-state index contributed by atoms with van der Waals surface area (Å²) < 4.78 is 11.1. The molecule has 4 aromatic rings. The van der Waals surface area contributed by atoms with Gasteiger partial charge in [-0.05, 0) is 52.7 Å². The molecule has 0 N–H and O–H groups in total. The highest BCUT2D eigenvalue weighted by molar-refractivity contribution is 8.14. The van der Waals surface area contributed by atoms with Crippen molar-refractivity contribution in [1.82, 2.24) is 10.3 Å². The maximum atomic E-state index is 13.3. The molecule has 37 heavy (non-hydrogen) atoms. The number of thioether (sulfide) groups is 1. The highest BCUT2D eigenvalue weighted by Gasteiger charge is 2.34. The van der Waals surface area contributed by atoms with Crippen LogP contribution in [0.2, 0.25) is 0 Å². The molecule has 1 aliphatic heterocycles. The van der Waals surface area contributed by atoms with Gasteiger partial charge >= 0.3 is 5.69 Å². The third-order valence-electron chi connectivity index (χ3n) is 5.38. The molecule has 0 saturated heterocycles. The smallest absolute Gasteiger partial charge is 0.307 e. The number of pyridine rings is 1. The summed E-state index contributed by atoms with van der Waals surface area (Å²) in [6.07, 6.45) is 4.90. The fraction of sp³-hybridized carbons (Fsp3) is 0.0769. The van der Waals surface area contributed by atoms with Crippen molar-refractivity contribution < 1.29 is 28.6 Å². The number of carbonyl (C=O) groups excluding carboxylic acids is 2. The summed E-state index contributed by atoms with van der Waals surface area (Å²) in [5.41, 5.74) is 1.81. The summed E-state index contributed by atoms with van der Waals surface area (Å²) in [4.78, 5) is 36.4. The summed E-state index contributed by atoms with van der Waals surface area (Å²) in [5.74, 6) is -1.28. The predicted molar refractivity (Wildman–Crippen MR) is 134 cm³/mol. The van der Waals surface area contributed by atoms with Crippen LogP contribution in [-0.2, 0) is 4.79 Å².